The molecule has 0 aliphatic carbocycles. The fourth-order valence-electron chi connectivity index (χ4n) is 1.41. The summed E-state index contributed by atoms with van der Waals surface area (Å²) in [5, 5.41) is 9.46. The number of carbonyl (C=O) groups excluding carboxylic acids is 1. The maximum Gasteiger partial charge on any atom is 0.389 e. The number of aliphatic hydroxyl groups is 1. The van der Waals surface area contributed by atoms with Crippen LogP contribution in [0.4, 0.5) is 13.2 Å². The SMILES string of the molecule is CCC(CC)C(O)C(=O)CCC(F)(F)F. The molecule has 0 aromatic heterocycles. The molecule has 0 aromatic carbocycles. The van der Waals surface area contributed by atoms with Crippen molar-refractivity contribution in [3.63, 3.8) is 0 Å². The summed E-state index contributed by atoms with van der Waals surface area (Å²) < 4.78 is 35.4. The molecule has 90 valence electrons. The van der Waals surface area contributed by atoms with Gasteiger partial charge in [-0.25, -0.2) is 0 Å². The Morgan fingerprint density at radius 2 is 1.73 bits per heavy atom. The average Bonchev–Trinajstić information content (AvgIpc) is 2.14. The highest BCUT2D eigenvalue weighted by Gasteiger charge is 2.31. The van der Waals surface area contributed by atoms with Gasteiger partial charge in [0.25, 0.3) is 0 Å². The third-order valence-electron chi connectivity index (χ3n) is 2.48. The van der Waals surface area contributed by atoms with Crippen molar-refractivity contribution in [2.75, 3.05) is 0 Å². The van der Waals surface area contributed by atoms with E-state index in [4.69, 9.17) is 0 Å². The van der Waals surface area contributed by atoms with E-state index in [0.29, 0.717) is 12.8 Å². The van der Waals surface area contributed by atoms with Gasteiger partial charge in [0.15, 0.2) is 5.78 Å². The van der Waals surface area contributed by atoms with Crippen molar-refractivity contribution in [1.82, 2.24) is 0 Å². The quantitative estimate of drug-likeness (QED) is 0.756. The lowest BCUT2D eigenvalue weighted by molar-refractivity contribution is -0.148. The summed E-state index contributed by atoms with van der Waals surface area (Å²) in [5.41, 5.74) is 0. The highest BCUT2D eigenvalue weighted by Crippen LogP contribution is 2.23. The zero-order chi connectivity index (χ0) is 12.1. The fourth-order valence-corrected chi connectivity index (χ4v) is 1.41. The molecule has 0 rings (SSSR count). The molecule has 5 heteroatoms. The molecular formula is C10H17F3O2. The van der Waals surface area contributed by atoms with Gasteiger partial charge in [-0.1, -0.05) is 26.7 Å². The molecule has 0 aliphatic heterocycles. The molecule has 0 bridgehead atoms. The van der Waals surface area contributed by atoms with Gasteiger partial charge in [0.1, 0.15) is 6.10 Å². The monoisotopic (exact) mass is 226 g/mol. The van der Waals surface area contributed by atoms with Gasteiger partial charge in [0, 0.05) is 6.42 Å². The summed E-state index contributed by atoms with van der Waals surface area (Å²) in [4.78, 5) is 11.2. The van der Waals surface area contributed by atoms with Gasteiger partial charge >= 0.3 is 6.18 Å². The van der Waals surface area contributed by atoms with Gasteiger partial charge in [-0.3, -0.25) is 4.79 Å². The van der Waals surface area contributed by atoms with Crippen LogP contribution in [-0.4, -0.2) is 23.2 Å². The van der Waals surface area contributed by atoms with Crippen molar-refractivity contribution in [3.8, 4) is 0 Å². The highest BCUT2D eigenvalue weighted by atomic mass is 19.4. The van der Waals surface area contributed by atoms with Crippen molar-refractivity contribution in [2.24, 2.45) is 5.92 Å². The number of ketones is 1. The first-order chi connectivity index (χ1) is 6.81. The second kappa shape index (κ2) is 6.10. The Hall–Kier alpha value is -0.580. The van der Waals surface area contributed by atoms with E-state index in [9.17, 15) is 23.1 Å². The van der Waals surface area contributed by atoms with Crippen LogP contribution in [-0.2, 0) is 4.79 Å². The molecule has 1 N–H and O–H groups in total. The van der Waals surface area contributed by atoms with Crippen LogP contribution in [0.3, 0.4) is 0 Å². The van der Waals surface area contributed by atoms with E-state index in [0.717, 1.165) is 0 Å². The number of halogens is 3. The van der Waals surface area contributed by atoms with E-state index in [-0.39, 0.29) is 5.92 Å². The number of carbonyl (C=O) groups is 1. The first kappa shape index (κ1) is 14.4. The summed E-state index contributed by atoms with van der Waals surface area (Å²) in [5.74, 6) is -0.938. The zero-order valence-electron chi connectivity index (χ0n) is 8.97. The minimum atomic E-state index is -4.33. The molecule has 0 aromatic rings. The van der Waals surface area contributed by atoms with Gasteiger partial charge in [-0.15, -0.1) is 0 Å². The first-order valence-electron chi connectivity index (χ1n) is 5.09. The molecule has 0 spiro atoms. The molecule has 0 fully saturated rings. The van der Waals surface area contributed by atoms with Gasteiger partial charge in [0.05, 0.1) is 6.42 Å². The van der Waals surface area contributed by atoms with Crippen LogP contribution in [0.1, 0.15) is 39.5 Å². The molecule has 0 saturated carbocycles. The molecule has 1 atom stereocenters. The summed E-state index contributed by atoms with van der Waals surface area (Å²) in [7, 11) is 0. The van der Waals surface area contributed by atoms with Gasteiger partial charge < -0.3 is 5.11 Å². The van der Waals surface area contributed by atoms with Crippen molar-refractivity contribution in [3.05, 3.63) is 0 Å². The third kappa shape index (κ3) is 5.77. The summed E-state index contributed by atoms with van der Waals surface area (Å²) >= 11 is 0. The number of Topliss-reactive ketones (excluding diaryl/α,β-unsaturated/α-hetero) is 1. The van der Waals surface area contributed by atoms with Crippen molar-refractivity contribution >= 4 is 5.78 Å². The Kier molecular flexibility index (Phi) is 5.87. The minimum absolute atomic E-state index is 0.231. The summed E-state index contributed by atoms with van der Waals surface area (Å²) in [6.07, 6.45) is -6.17. The average molecular weight is 226 g/mol. The maximum atomic E-state index is 11.8. The molecule has 15 heavy (non-hydrogen) atoms. The highest BCUT2D eigenvalue weighted by molar-refractivity contribution is 5.83. The molecule has 2 nitrogen and oxygen atoms in total. The molecular weight excluding hydrogens is 209 g/mol. The second-order valence-corrected chi connectivity index (χ2v) is 3.60. The Morgan fingerprint density at radius 3 is 2.07 bits per heavy atom. The number of hydrogen-bond donors (Lipinski definition) is 1. The van der Waals surface area contributed by atoms with Crippen LogP contribution in [0.25, 0.3) is 0 Å². The van der Waals surface area contributed by atoms with Crippen molar-refractivity contribution < 1.29 is 23.1 Å². The number of hydrogen-bond acceptors (Lipinski definition) is 2. The van der Waals surface area contributed by atoms with Crippen molar-refractivity contribution in [2.45, 2.75) is 51.8 Å². The molecule has 0 radical (unpaired) electrons. The van der Waals surface area contributed by atoms with E-state index in [1.54, 1.807) is 13.8 Å². The zero-order valence-corrected chi connectivity index (χ0v) is 8.97. The predicted molar refractivity (Wildman–Crippen MR) is 50.4 cm³/mol. The summed E-state index contributed by atoms with van der Waals surface area (Å²) in [6, 6.07) is 0. The maximum absolute atomic E-state index is 11.8. The van der Waals surface area contributed by atoms with Gasteiger partial charge in [0.2, 0.25) is 0 Å². The second-order valence-electron chi connectivity index (χ2n) is 3.60. The minimum Gasteiger partial charge on any atom is -0.385 e. The predicted octanol–water partition coefficient (Wildman–Crippen LogP) is 2.70. The van der Waals surface area contributed by atoms with Crippen LogP contribution >= 0.6 is 0 Å². The van der Waals surface area contributed by atoms with Crippen LogP contribution in [0, 0.1) is 5.92 Å². The molecule has 0 heterocycles. The van der Waals surface area contributed by atoms with Crippen LogP contribution in [0.15, 0.2) is 0 Å². The van der Waals surface area contributed by atoms with Crippen LogP contribution in [0.5, 0.6) is 0 Å². The fraction of sp³-hybridized carbons (Fsp3) is 0.900. The standard InChI is InChI=1S/C10H17F3O2/c1-3-7(4-2)9(15)8(14)5-6-10(11,12)13/h7,9,15H,3-6H2,1-2H3. The molecule has 0 amide bonds. The normalized spacial score (nSPS) is 14.3. The first-order valence-corrected chi connectivity index (χ1v) is 5.09. The van der Waals surface area contributed by atoms with Crippen LogP contribution in [0.2, 0.25) is 0 Å². The van der Waals surface area contributed by atoms with Gasteiger partial charge in [-0.2, -0.15) is 13.2 Å². The molecule has 0 aliphatic rings. The summed E-state index contributed by atoms with van der Waals surface area (Å²) in [6.45, 7) is 3.60. The number of alkyl halides is 3. The van der Waals surface area contributed by atoms with Crippen molar-refractivity contribution in [1.29, 1.82) is 0 Å². The lowest BCUT2D eigenvalue weighted by atomic mass is 9.92. The van der Waals surface area contributed by atoms with Crippen LogP contribution < -0.4 is 0 Å². The van der Waals surface area contributed by atoms with E-state index in [1.165, 1.54) is 0 Å². The topological polar surface area (TPSA) is 37.3 Å². The lowest BCUT2D eigenvalue weighted by Gasteiger charge is -2.18. The Labute approximate surface area is 87.5 Å². The van der Waals surface area contributed by atoms with E-state index < -0.39 is 30.9 Å². The Bertz CT molecular complexity index is 197. The largest absolute Gasteiger partial charge is 0.389 e. The Balaban J connectivity index is 4.09. The van der Waals surface area contributed by atoms with E-state index >= 15 is 0 Å². The van der Waals surface area contributed by atoms with E-state index in [2.05, 4.69) is 0 Å². The van der Waals surface area contributed by atoms with Gasteiger partial charge in [-0.05, 0) is 5.92 Å². The Morgan fingerprint density at radius 1 is 1.27 bits per heavy atom. The number of rotatable bonds is 6. The third-order valence-corrected chi connectivity index (χ3v) is 2.48. The smallest absolute Gasteiger partial charge is 0.385 e. The number of aliphatic hydroxyl groups excluding tert-OH is 1. The molecule has 0 saturated heterocycles. The molecule has 1 unspecified atom stereocenters. The lowest BCUT2D eigenvalue weighted by Crippen LogP contribution is -2.29. The van der Waals surface area contributed by atoms with E-state index in [1.807, 2.05) is 0 Å².